The van der Waals surface area contributed by atoms with Gasteiger partial charge in [0.15, 0.2) is 0 Å². The first kappa shape index (κ1) is 16.0. The van der Waals surface area contributed by atoms with Crippen LogP contribution in [0.25, 0.3) is 0 Å². The highest BCUT2D eigenvalue weighted by atomic mass is 32.2. The third-order valence-corrected chi connectivity index (χ3v) is 6.04. The molecule has 0 spiro atoms. The standard InChI is InChI=1S/C15H20N2O3S/c1-12-5-6-13(10-16)9-14(12)21(18,19)17-8-4-7-15(2,11-17)20-3/h5-6,9H,4,7-8,11H2,1-3H3. The molecule has 1 heterocycles. The monoisotopic (exact) mass is 308 g/mol. The lowest BCUT2D eigenvalue weighted by Crippen LogP contribution is -2.49. The number of hydrogen-bond acceptors (Lipinski definition) is 4. The van der Waals surface area contributed by atoms with E-state index >= 15 is 0 Å². The predicted molar refractivity (Wildman–Crippen MR) is 79.3 cm³/mol. The van der Waals surface area contributed by atoms with Crippen molar-refractivity contribution in [1.29, 1.82) is 5.26 Å². The van der Waals surface area contributed by atoms with Gasteiger partial charge in [0.05, 0.1) is 22.1 Å². The van der Waals surface area contributed by atoms with Gasteiger partial charge >= 0.3 is 0 Å². The van der Waals surface area contributed by atoms with Gasteiger partial charge in [-0.05, 0) is 44.4 Å². The van der Waals surface area contributed by atoms with E-state index in [-0.39, 0.29) is 4.90 Å². The average molecular weight is 308 g/mol. The van der Waals surface area contributed by atoms with Crippen molar-refractivity contribution in [3.8, 4) is 6.07 Å². The zero-order valence-corrected chi connectivity index (χ0v) is 13.4. The molecule has 0 aromatic heterocycles. The van der Waals surface area contributed by atoms with E-state index in [0.717, 1.165) is 12.8 Å². The number of rotatable bonds is 3. The van der Waals surface area contributed by atoms with Gasteiger partial charge in [-0.15, -0.1) is 0 Å². The van der Waals surface area contributed by atoms with E-state index in [4.69, 9.17) is 10.00 Å². The van der Waals surface area contributed by atoms with Crippen LogP contribution in [0.2, 0.25) is 0 Å². The summed E-state index contributed by atoms with van der Waals surface area (Å²) >= 11 is 0. The van der Waals surface area contributed by atoms with Gasteiger partial charge in [0.2, 0.25) is 10.0 Å². The second kappa shape index (κ2) is 5.76. The maximum atomic E-state index is 12.8. The number of hydrogen-bond donors (Lipinski definition) is 0. The van der Waals surface area contributed by atoms with Gasteiger partial charge in [-0.25, -0.2) is 8.42 Å². The van der Waals surface area contributed by atoms with Crippen molar-refractivity contribution in [1.82, 2.24) is 4.31 Å². The van der Waals surface area contributed by atoms with Crippen LogP contribution in [0.5, 0.6) is 0 Å². The third-order valence-electron chi connectivity index (χ3n) is 4.05. The molecule has 21 heavy (non-hydrogen) atoms. The zero-order chi connectivity index (χ0) is 15.7. The molecule has 5 nitrogen and oxygen atoms in total. The van der Waals surface area contributed by atoms with Gasteiger partial charge in [-0.3, -0.25) is 0 Å². The highest BCUT2D eigenvalue weighted by Crippen LogP contribution is 2.29. The summed E-state index contributed by atoms with van der Waals surface area (Å²) in [5, 5.41) is 8.97. The number of benzene rings is 1. The van der Waals surface area contributed by atoms with E-state index in [0.29, 0.717) is 24.2 Å². The first-order valence-electron chi connectivity index (χ1n) is 6.88. The molecule has 1 aromatic rings. The molecule has 0 bridgehead atoms. The largest absolute Gasteiger partial charge is 0.377 e. The van der Waals surface area contributed by atoms with Crippen molar-refractivity contribution < 1.29 is 13.2 Å². The van der Waals surface area contributed by atoms with E-state index in [9.17, 15) is 8.42 Å². The Bertz CT molecular complexity index is 679. The fourth-order valence-corrected chi connectivity index (χ4v) is 4.46. The molecular formula is C15H20N2O3S. The molecule has 114 valence electrons. The van der Waals surface area contributed by atoms with Crippen LogP contribution in [0.1, 0.15) is 30.9 Å². The van der Waals surface area contributed by atoms with Gasteiger partial charge in [0, 0.05) is 20.2 Å². The highest BCUT2D eigenvalue weighted by Gasteiger charge is 2.37. The van der Waals surface area contributed by atoms with Crippen LogP contribution >= 0.6 is 0 Å². The third kappa shape index (κ3) is 3.10. The Labute approximate surface area is 126 Å². The lowest BCUT2D eigenvalue weighted by atomic mass is 9.96. The molecule has 6 heteroatoms. The Morgan fingerprint density at radius 3 is 2.76 bits per heavy atom. The number of piperidine rings is 1. The first-order chi connectivity index (χ1) is 9.82. The molecule has 1 fully saturated rings. The van der Waals surface area contributed by atoms with E-state index in [1.54, 1.807) is 26.2 Å². The van der Waals surface area contributed by atoms with Crippen LogP contribution < -0.4 is 0 Å². The van der Waals surface area contributed by atoms with E-state index in [2.05, 4.69) is 0 Å². The molecule has 0 saturated carbocycles. The van der Waals surface area contributed by atoms with Crippen LogP contribution in [0.15, 0.2) is 23.1 Å². The number of nitriles is 1. The van der Waals surface area contributed by atoms with E-state index < -0.39 is 15.6 Å². The summed E-state index contributed by atoms with van der Waals surface area (Å²) < 4.78 is 32.6. The molecule has 2 rings (SSSR count). The lowest BCUT2D eigenvalue weighted by Gasteiger charge is -2.38. The number of sulfonamides is 1. The van der Waals surface area contributed by atoms with Crippen molar-refractivity contribution >= 4 is 10.0 Å². The average Bonchev–Trinajstić information content (AvgIpc) is 2.47. The van der Waals surface area contributed by atoms with Crippen LogP contribution in [0, 0.1) is 18.3 Å². The minimum absolute atomic E-state index is 0.210. The SMILES string of the molecule is COC1(C)CCCN(S(=O)(=O)c2cc(C#N)ccc2C)C1. The second-order valence-corrected chi connectivity index (χ2v) is 7.59. The predicted octanol–water partition coefficient (Wildman–Crippen LogP) is 2.06. The Hall–Kier alpha value is -1.42. The lowest BCUT2D eigenvalue weighted by molar-refractivity contribution is -0.0319. The van der Waals surface area contributed by atoms with E-state index in [1.165, 1.54) is 10.4 Å². The normalized spacial score (nSPS) is 23.7. The van der Waals surface area contributed by atoms with Crippen molar-refractivity contribution in [2.45, 2.75) is 37.2 Å². The molecule has 0 aliphatic carbocycles. The van der Waals surface area contributed by atoms with Crippen LogP contribution in [0.3, 0.4) is 0 Å². The van der Waals surface area contributed by atoms with Crippen molar-refractivity contribution in [2.75, 3.05) is 20.2 Å². The number of nitrogens with zero attached hydrogens (tertiary/aromatic N) is 2. The van der Waals surface area contributed by atoms with Crippen LogP contribution in [-0.4, -0.2) is 38.5 Å². The quantitative estimate of drug-likeness (QED) is 0.857. The summed E-state index contributed by atoms with van der Waals surface area (Å²) in [6.07, 6.45) is 1.60. The zero-order valence-electron chi connectivity index (χ0n) is 12.6. The van der Waals surface area contributed by atoms with Crippen molar-refractivity contribution in [3.05, 3.63) is 29.3 Å². The molecule has 1 aliphatic rings. The highest BCUT2D eigenvalue weighted by molar-refractivity contribution is 7.89. The smallest absolute Gasteiger partial charge is 0.243 e. The fraction of sp³-hybridized carbons (Fsp3) is 0.533. The molecule has 1 atom stereocenters. The molecule has 1 saturated heterocycles. The Balaban J connectivity index is 2.41. The summed E-state index contributed by atoms with van der Waals surface area (Å²) in [4.78, 5) is 0.210. The van der Waals surface area contributed by atoms with Gasteiger partial charge in [0.25, 0.3) is 0 Å². The molecule has 1 aromatic carbocycles. The summed E-state index contributed by atoms with van der Waals surface area (Å²) in [5.41, 5.74) is 0.552. The van der Waals surface area contributed by atoms with E-state index in [1.807, 2.05) is 13.0 Å². The molecule has 1 aliphatic heterocycles. The van der Waals surface area contributed by atoms with Gasteiger partial charge < -0.3 is 4.74 Å². The molecule has 1 unspecified atom stereocenters. The Kier molecular flexibility index (Phi) is 4.38. The first-order valence-corrected chi connectivity index (χ1v) is 8.32. The Morgan fingerprint density at radius 2 is 2.14 bits per heavy atom. The fourth-order valence-electron chi connectivity index (χ4n) is 2.62. The molecular weight excluding hydrogens is 288 g/mol. The Morgan fingerprint density at radius 1 is 1.43 bits per heavy atom. The maximum Gasteiger partial charge on any atom is 0.243 e. The van der Waals surface area contributed by atoms with Gasteiger partial charge in [0.1, 0.15) is 0 Å². The number of methoxy groups -OCH3 is 1. The number of ether oxygens (including phenoxy) is 1. The maximum absolute atomic E-state index is 12.8. The molecule has 0 radical (unpaired) electrons. The minimum Gasteiger partial charge on any atom is -0.377 e. The van der Waals surface area contributed by atoms with Crippen molar-refractivity contribution in [3.63, 3.8) is 0 Å². The van der Waals surface area contributed by atoms with Gasteiger partial charge in [-0.2, -0.15) is 9.57 Å². The molecule has 0 N–H and O–H groups in total. The van der Waals surface area contributed by atoms with Crippen molar-refractivity contribution in [2.24, 2.45) is 0 Å². The summed E-state index contributed by atoms with van der Waals surface area (Å²) in [6, 6.07) is 6.74. The minimum atomic E-state index is -3.60. The summed E-state index contributed by atoms with van der Waals surface area (Å²) in [6.45, 7) is 4.49. The topological polar surface area (TPSA) is 70.4 Å². The van der Waals surface area contributed by atoms with Crippen LogP contribution in [-0.2, 0) is 14.8 Å². The van der Waals surface area contributed by atoms with Crippen LogP contribution in [0.4, 0.5) is 0 Å². The summed E-state index contributed by atoms with van der Waals surface area (Å²) in [5.74, 6) is 0. The molecule has 0 amide bonds. The summed E-state index contributed by atoms with van der Waals surface area (Å²) in [7, 11) is -2.00. The number of aryl methyl sites for hydroxylation is 1. The second-order valence-electron chi connectivity index (χ2n) is 5.69. The van der Waals surface area contributed by atoms with Gasteiger partial charge in [-0.1, -0.05) is 6.07 Å².